The lowest BCUT2D eigenvalue weighted by molar-refractivity contribution is 0.151. The normalized spacial score (nSPS) is 12.8. The number of alkyl halides is 2. The van der Waals surface area contributed by atoms with Gasteiger partial charge in [0.25, 0.3) is 12.0 Å². The summed E-state index contributed by atoms with van der Waals surface area (Å²) in [6, 6.07) is 8.75. The van der Waals surface area contributed by atoms with Crippen molar-refractivity contribution >= 4 is 10.9 Å². The highest BCUT2D eigenvalue weighted by Crippen LogP contribution is 2.23. The number of halogens is 3. The highest BCUT2D eigenvalue weighted by atomic mass is 19.3. The number of aromatic nitrogens is 2. The molecule has 2 N–H and O–H groups in total. The number of hydrogen-bond donors (Lipinski definition) is 1. The zero-order valence-corrected chi connectivity index (χ0v) is 12.7. The van der Waals surface area contributed by atoms with E-state index < -0.39 is 23.8 Å². The molecule has 0 amide bonds. The molecule has 1 heterocycles. The van der Waals surface area contributed by atoms with E-state index in [1.807, 2.05) is 0 Å². The molecule has 0 bridgehead atoms. The molecule has 0 spiro atoms. The number of fused-ring (bicyclic) bond motifs is 1. The van der Waals surface area contributed by atoms with Crippen molar-refractivity contribution in [1.82, 2.24) is 9.55 Å². The van der Waals surface area contributed by atoms with E-state index in [0.717, 1.165) is 10.6 Å². The van der Waals surface area contributed by atoms with Crippen molar-refractivity contribution in [2.75, 3.05) is 0 Å². The maximum Gasteiger partial charge on any atom is 0.269 e. The van der Waals surface area contributed by atoms with Crippen molar-refractivity contribution in [3.63, 3.8) is 0 Å². The number of nitrogens with two attached hydrogens (primary N) is 1. The van der Waals surface area contributed by atoms with Crippen LogP contribution in [0.5, 0.6) is 0 Å². The van der Waals surface area contributed by atoms with Crippen molar-refractivity contribution < 1.29 is 13.2 Å². The van der Waals surface area contributed by atoms with Gasteiger partial charge >= 0.3 is 0 Å². The fourth-order valence-electron chi connectivity index (χ4n) is 2.56. The first-order valence-electron chi connectivity index (χ1n) is 7.25. The number of benzene rings is 2. The molecule has 4 nitrogen and oxygen atoms in total. The second-order valence-electron chi connectivity index (χ2n) is 5.43. The maximum atomic E-state index is 14.1. The van der Waals surface area contributed by atoms with Crippen LogP contribution < -0.4 is 11.3 Å². The van der Waals surface area contributed by atoms with E-state index in [9.17, 15) is 18.0 Å². The van der Waals surface area contributed by atoms with Crippen LogP contribution in [0.4, 0.5) is 13.2 Å². The Morgan fingerprint density at radius 2 is 1.88 bits per heavy atom. The predicted octanol–water partition coefficient (Wildman–Crippen LogP) is 3.48. The second kappa shape index (κ2) is 6.09. The lowest BCUT2D eigenvalue weighted by Crippen LogP contribution is -2.28. The Hall–Kier alpha value is -2.67. The molecule has 0 fully saturated rings. The van der Waals surface area contributed by atoms with Gasteiger partial charge in [-0.1, -0.05) is 18.2 Å². The minimum atomic E-state index is -2.69. The summed E-state index contributed by atoms with van der Waals surface area (Å²) in [5.74, 6) is -0.551. The molecular formula is C17H14F3N3O. The first-order chi connectivity index (χ1) is 11.4. The molecular weight excluding hydrogens is 319 g/mol. The predicted molar refractivity (Wildman–Crippen MR) is 84.9 cm³/mol. The van der Waals surface area contributed by atoms with Gasteiger partial charge in [0.1, 0.15) is 17.0 Å². The maximum absolute atomic E-state index is 14.1. The summed E-state index contributed by atoms with van der Waals surface area (Å²) in [5, 5.41) is -0.204. The Kier molecular flexibility index (Phi) is 4.11. The third kappa shape index (κ3) is 2.67. The van der Waals surface area contributed by atoms with Crippen LogP contribution in [0.1, 0.15) is 30.8 Å². The Morgan fingerprint density at radius 1 is 1.17 bits per heavy atom. The minimum Gasteiger partial charge on any atom is -0.322 e. The molecule has 0 aliphatic rings. The molecule has 7 heteroatoms. The molecule has 0 saturated heterocycles. The van der Waals surface area contributed by atoms with Gasteiger partial charge in [-0.15, -0.1) is 0 Å². The van der Waals surface area contributed by atoms with Gasteiger partial charge in [0.2, 0.25) is 0 Å². The van der Waals surface area contributed by atoms with Crippen LogP contribution in [0.2, 0.25) is 0 Å². The fraction of sp³-hybridized carbons (Fsp3) is 0.176. The van der Waals surface area contributed by atoms with Crippen molar-refractivity contribution in [2.45, 2.75) is 19.4 Å². The largest absolute Gasteiger partial charge is 0.322 e. The molecule has 124 valence electrons. The molecule has 0 unspecified atom stereocenters. The average Bonchev–Trinajstić information content (AvgIpc) is 2.54. The topological polar surface area (TPSA) is 60.9 Å². The van der Waals surface area contributed by atoms with Crippen LogP contribution in [0.15, 0.2) is 47.3 Å². The minimum absolute atomic E-state index is 0.169. The lowest BCUT2D eigenvalue weighted by Gasteiger charge is -2.16. The van der Waals surface area contributed by atoms with Gasteiger partial charge in [0.15, 0.2) is 0 Å². The molecule has 24 heavy (non-hydrogen) atoms. The van der Waals surface area contributed by atoms with Crippen LogP contribution in [0.3, 0.4) is 0 Å². The van der Waals surface area contributed by atoms with E-state index in [1.165, 1.54) is 36.4 Å². The summed E-state index contributed by atoms with van der Waals surface area (Å²) in [7, 11) is 0. The lowest BCUT2D eigenvalue weighted by atomic mass is 10.1. The van der Waals surface area contributed by atoms with E-state index in [4.69, 9.17) is 5.73 Å². The van der Waals surface area contributed by atoms with Crippen LogP contribution >= 0.6 is 0 Å². The zero-order chi connectivity index (χ0) is 17.4. The number of rotatable bonds is 3. The second-order valence-corrected chi connectivity index (χ2v) is 5.43. The molecule has 3 aromatic rings. The summed E-state index contributed by atoms with van der Waals surface area (Å²) in [4.78, 5) is 17.1. The molecule has 3 rings (SSSR count). The van der Waals surface area contributed by atoms with Crippen molar-refractivity contribution in [3.05, 3.63) is 70.0 Å². The highest BCUT2D eigenvalue weighted by molar-refractivity contribution is 5.78. The summed E-state index contributed by atoms with van der Waals surface area (Å²) >= 11 is 0. The third-order valence-corrected chi connectivity index (χ3v) is 3.66. The van der Waals surface area contributed by atoms with Gasteiger partial charge in [-0.25, -0.2) is 18.2 Å². The smallest absolute Gasteiger partial charge is 0.269 e. The van der Waals surface area contributed by atoms with E-state index in [1.54, 1.807) is 6.92 Å². The third-order valence-electron chi connectivity index (χ3n) is 3.66. The zero-order valence-electron chi connectivity index (χ0n) is 12.7. The summed E-state index contributed by atoms with van der Waals surface area (Å²) in [6.45, 7) is 1.61. The molecule has 1 atom stereocenters. The first-order valence-corrected chi connectivity index (χ1v) is 7.25. The molecule has 0 saturated carbocycles. The fourth-order valence-corrected chi connectivity index (χ4v) is 2.56. The van der Waals surface area contributed by atoms with Crippen LogP contribution in [-0.4, -0.2) is 9.55 Å². The molecule has 0 aliphatic heterocycles. The highest BCUT2D eigenvalue weighted by Gasteiger charge is 2.18. The Morgan fingerprint density at radius 3 is 2.54 bits per heavy atom. The van der Waals surface area contributed by atoms with Gasteiger partial charge in [-0.05, 0) is 31.2 Å². The van der Waals surface area contributed by atoms with E-state index >= 15 is 0 Å². The number of nitrogens with zero attached hydrogens (tertiary/aromatic N) is 2. The van der Waals surface area contributed by atoms with Crippen LogP contribution in [-0.2, 0) is 0 Å². The Balaban J connectivity index is 2.40. The Bertz CT molecular complexity index is 967. The summed E-state index contributed by atoms with van der Waals surface area (Å²) in [5.41, 5.74) is 5.30. The van der Waals surface area contributed by atoms with Crippen molar-refractivity contribution in [1.29, 1.82) is 0 Å². The summed E-state index contributed by atoms with van der Waals surface area (Å²) in [6.07, 6.45) is -2.69. The molecule has 0 aliphatic carbocycles. The van der Waals surface area contributed by atoms with Gasteiger partial charge in [0.05, 0.1) is 17.2 Å². The van der Waals surface area contributed by atoms with Crippen LogP contribution in [0.25, 0.3) is 16.6 Å². The van der Waals surface area contributed by atoms with Crippen molar-refractivity contribution in [3.8, 4) is 5.69 Å². The average molecular weight is 333 g/mol. The SMILES string of the molecule is C[C@H](N)c1nc2cccc(F)c2c(=O)n1-c1cccc(C(F)F)c1. The van der Waals surface area contributed by atoms with Gasteiger partial charge in [-0.2, -0.15) is 0 Å². The van der Waals surface area contributed by atoms with Gasteiger partial charge in [0, 0.05) is 5.56 Å². The quantitative estimate of drug-likeness (QED) is 0.798. The molecule has 0 radical (unpaired) electrons. The van der Waals surface area contributed by atoms with Gasteiger partial charge < -0.3 is 5.73 Å². The Labute approximate surface area is 135 Å². The van der Waals surface area contributed by atoms with E-state index in [0.29, 0.717) is 0 Å². The molecule has 2 aromatic carbocycles. The standard InChI is InChI=1S/C17H14F3N3O/c1-9(21)16-22-13-7-3-6-12(18)14(13)17(24)23(16)11-5-2-4-10(8-11)15(19)20/h2-9,15H,21H2,1H3/t9-/m0/s1. The summed E-state index contributed by atoms with van der Waals surface area (Å²) < 4.78 is 41.1. The number of hydrogen-bond acceptors (Lipinski definition) is 3. The van der Waals surface area contributed by atoms with E-state index in [2.05, 4.69) is 4.98 Å². The monoisotopic (exact) mass is 333 g/mol. The first kappa shape index (κ1) is 16.2. The van der Waals surface area contributed by atoms with Crippen LogP contribution in [0, 0.1) is 5.82 Å². The molecule has 1 aromatic heterocycles. The van der Waals surface area contributed by atoms with E-state index in [-0.39, 0.29) is 28.0 Å². The van der Waals surface area contributed by atoms with Crippen molar-refractivity contribution in [2.24, 2.45) is 5.73 Å². The van der Waals surface area contributed by atoms with Gasteiger partial charge in [-0.3, -0.25) is 9.36 Å².